The van der Waals surface area contributed by atoms with Gasteiger partial charge in [0.15, 0.2) is 0 Å². The molecule has 5 nitrogen and oxygen atoms in total. The SMILES string of the molecule is O=C(Cc1c(Br)c(O)cc(O)c1-c1ccccc1)NCc1ccncc1. The van der Waals surface area contributed by atoms with Crippen molar-refractivity contribution >= 4 is 21.8 Å². The fourth-order valence-corrected chi connectivity index (χ4v) is 3.15. The summed E-state index contributed by atoms with van der Waals surface area (Å²) in [6.45, 7) is 0.379. The van der Waals surface area contributed by atoms with E-state index in [0.29, 0.717) is 22.1 Å². The number of hydrogen-bond donors (Lipinski definition) is 3. The molecule has 0 saturated heterocycles. The molecule has 1 heterocycles. The van der Waals surface area contributed by atoms with Crippen molar-refractivity contribution in [1.29, 1.82) is 0 Å². The maximum absolute atomic E-state index is 12.4. The van der Waals surface area contributed by atoms with Gasteiger partial charge in [-0.3, -0.25) is 9.78 Å². The van der Waals surface area contributed by atoms with Gasteiger partial charge in [-0.1, -0.05) is 30.3 Å². The van der Waals surface area contributed by atoms with Crippen LogP contribution in [0.4, 0.5) is 0 Å². The Labute approximate surface area is 159 Å². The number of carbonyl (C=O) groups excluding carboxylic acids is 1. The van der Waals surface area contributed by atoms with Crippen molar-refractivity contribution in [2.24, 2.45) is 0 Å². The standard InChI is InChI=1S/C20H17BrN2O3/c21-20-15(10-18(26)23-12-13-6-8-22-9-7-13)19(16(24)11-17(20)25)14-4-2-1-3-5-14/h1-9,11,24-25H,10,12H2,(H,23,26). The van der Waals surface area contributed by atoms with E-state index in [1.165, 1.54) is 6.07 Å². The van der Waals surface area contributed by atoms with Gasteiger partial charge in [-0.2, -0.15) is 0 Å². The number of halogens is 1. The molecule has 0 aliphatic rings. The summed E-state index contributed by atoms with van der Waals surface area (Å²) < 4.78 is 0.396. The Hall–Kier alpha value is -2.86. The molecule has 0 aliphatic heterocycles. The van der Waals surface area contributed by atoms with Crippen LogP contribution in [0.25, 0.3) is 11.1 Å². The average molecular weight is 413 g/mol. The molecule has 0 unspecified atom stereocenters. The van der Waals surface area contributed by atoms with Crippen LogP contribution in [0.5, 0.6) is 11.5 Å². The number of amides is 1. The number of benzene rings is 2. The molecule has 0 aliphatic carbocycles. The summed E-state index contributed by atoms with van der Waals surface area (Å²) in [7, 11) is 0. The van der Waals surface area contributed by atoms with Gasteiger partial charge in [0.1, 0.15) is 11.5 Å². The van der Waals surface area contributed by atoms with Crippen LogP contribution in [0, 0.1) is 0 Å². The topological polar surface area (TPSA) is 82.5 Å². The van der Waals surface area contributed by atoms with Gasteiger partial charge in [0.05, 0.1) is 10.9 Å². The molecule has 3 rings (SSSR count). The van der Waals surface area contributed by atoms with Gasteiger partial charge in [-0.15, -0.1) is 0 Å². The second-order valence-corrected chi connectivity index (χ2v) is 6.55. The summed E-state index contributed by atoms with van der Waals surface area (Å²) in [5, 5.41) is 23.2. The number of pyridine rings is 1. The van der Waals surface area contributed by atoms with Crippen molar-refractivity contribution in [3.63, 3.8) is 0 Å². The number of hydrogen-bond acceptors (Lipinski definition) is 4. The lowest BCUT2D eigenvalue weighted by molar-refractivity contribution is -0.120. The number of rotatable bonds is 5. The van der Waals surface area contributed by atoms with Gasteiger partial charge < -0.3 is 15.5 Å². The van der Waals surface area contributed by atoms with Gasteiger partial charge in [-0.25, -0.2) is 0 Å². The first kappa shape index (κ1) is 17.9. The lowest BCUT2D eigenvalue weighted by Crippen LogP contribution is -2.25. The number of phenolic OH excluding ortho intramolecular Hbond substituents is 2. The molecule has 0 saturated carbocycles. The number of carbonyl (C=O) groups is 1. The van der Waals surface area contributed by atoms with Gasteiger partial charge in [0.25, 0.3) is 0 Å². The van der Waals surface area contributed by atoms with Crippen LogP contribution in [0.2, 0.25) is 0 Å². The second-order valence-electron chi connectivity index (χ2n) is 5.76. The van der Waals surface area contributed by atoms with E-state index in [1.807, 2.05) is 42.5 Å². The van der Waals surface area contributed by atoms with E-state index in [1.54, 1.807) is 12.4 Å². The lowest BCUT2D eigenvalue weighted by atomic mass is 9.96. The van der Waals surface area contributed by atoms with E-state index in [0.717, 1.165) is 11.1 Å². The molecule has 1 aromatic heterocycles. The summed E-state index contributed by atoms with van der Waals surface area (Å²) >= 11 is 3.34. The summed E-state index contributed by atoms with van der Waals surface area (Å²) in [4.78, 5) is 16.4. The highest BCUT2D eigenvalue weighted by Crippen LogP contribution is 2.42. The van der Waals surface area contributed by atoms with Crippen LogP contribution in [0.1, 0.15) is 11.1 Å². The number of nitrogens with one attached hydrogen (secondary N) is 1. The molecule has 0 fully saturated rings. The Morgan fingerprint density at radius 2 is 1.73 bits per heavy atom. The second kappa shape index (κ2) is 8.01. The van der Waals surface area contributed by atoms with Gasteiger partial charge in [-0.05, 0) is 44.8 Å². The average Bonchev–Trinajstić information content (AvgIpc) is 2.66. The van der Waals surface area contributed by atoms with Crippen LogP contribution in [-0.2, 0) is 17.8 Å². The normalized spacial score (nSPS) is 10.5. The molecular weight excluding hydrogens is 396 g/mol. The van der Waals surface area contributed by atoms with E-state index in [2.05, 4.69) is 26.2 Å². The van der Waals surface area contributed by atoms with Crippen LogP contribution in [-0.4, -0.2) is 21.1 Å². The zero-order valence-electron chi connectivity index (χ0n) is 13.8. The first-order valence-electron chi connectivity index (χ1n) is 8.00. The first-order chi connectivity index (χ1) is 12.6. The molecule has 0 atom stereocenters. The van der Waals surface area contributed by atoms with Crippen molar-refractivity contribution in [2.45, 2.75) is 13.0 Å². The van der Waals surface area contributed by atoms with Crippen molar-refractivity contribution in [3.05, 3.63) is 76.5 Å². The van der Waals surface area contributed by atoms with Crippen LogP contribution >= 0.6 is 15.9 Å². The number of phenols is 2. The Morgan fingerprint density at radius 3 is 2.42 bits per heavy atom. The minimum atomic E-state index is -0.218. The molecule has 132 valence electrons. The van der Waals surface area contributed by atoms with Gasteiger partial charge >= 0.3 is 0 Å². The predicted molar refractivity (Wildman–Crippen MR) is 103 cm³/mol. The summed E-state index contributed by atoms with van der Waals surface area (Å²) in [6.07, 6.45) is 3.34. The molecule has 0 radical (unpaired) electrons. The fourth-order valence-electron chi connectivity index (χ4n) is 2.70. The smallest absolute Gasteiger partial charge is 0.224 e. The first-order valence-corrected chi connectivity index (χ1v) is 8.80. The van der Waals surface area contributed by atoms with Crippen LogP contribution in [0.3, 0.4) is 0 Å². The van der Waals surface area contributed by atoms with E-state index in [4.69, 9.17) is 0 Å². The summed E-state index contributed by atoms with van der Waals surface area (Å²) in [5.41, 5.74) is 2.76. The Morgan fingerprint density at radius 1 is 1.04 bits per heavy atom. The minimum Gasteiger partial charge on any atom is -0.507 e. The predicted octanol–water partition coefficient (Wildman–Crippen LogP) is 3.78. The van der Waals surface area contributed by atoms with Crippen LogP contribution < -0.4 is 5.32 Å². The summed E-state index contributed by atoms with van der Waals surface area (Å²) in [5.74, 6) is -0.405. The molecule has 2 aromatic carbocycles. The third kappa shape index (κ3) is 4.03. The van der Waals surface area contributed by atoms with Crippen LogP contribution in [0.15, 0.2) is 65.4 Å². The number of aromatic nitrogens is 1. The highest BCUT2D eigenvalue weighted by atomic mass is 79.9. The fraction of sp³-hybridized carbons (Fsp3) is 0.100. The van der Waals surface area contributed by atoms with Crippen molar-refractivity contribution in [1.82, 2.24) is 10.3 Å². The molecular formula is C20H17BrN2O3. The van der Waals surface area contributed by atoms with Gasteiger partial charge in [0.2, 0.25) is 5.91 Å². The Bertz CT molecular complexity index is 915. The molecule has 1 amide bonds. The van der Waals surface area contributed by atoms with E-state index < -0.39 is 0 Å². The molecule has 6 heteroatoms. The molecule has 0 spiro atoms. The third-order valence-corrected chi connectivity index (χ3v) is 4.84. The van der Waals surface area contributed by atoms with Gasteiger partial charge in [0, 0.05) is 30.6 Å². The monoisotopic (exact) mass is 412 g/mol. The molecule has 3 N–H and O–H groups in total. The molecule has 26 heavy (non-hydrogen) atoms. The number of aromatic hydroxyl groups is 2. The zero-order chi connectivity index (χ0) is 18.5. The summed E-state index contributed by atoms with van der Waals surface area (Å²) in [6, 6.07) is 14.2. The highest BCUT2D eigenvalue weighted by molar-refractivity contribution is 9.10. The maximum atomic E-state index is 12.4. The van der Waals surface area contributed by atoms with Crippen molar-refractivity contribution < 1.29 is 15.0 Å². The largest absolute Gasteiger partial charge is 0.507 e. The van der Waals surface area contributed by atoms with E-state index >= 15 is 0 Å². The van der Waals surface area contributed by atoms with E-state index in [-0.39, 0.29) is 23.8 Å². The Balaban J connectivity index is 1.88. The number of nitrogens with zero attached hydrogens (tertiary/aromatic N) is 1. The maximum Gasteiger partial charge on any atom is 0.224 e. The quantitative estimate of drug-likeness (QED) is 0.595. The zero-order valence-corrected chi connectivity index (χ0v) is 15.4. The minimum absolute atomic E-state index is 0.0118. The highest BCUT2D eigenvalue weighted by Gasteiger charge is 2.20. The third-order valence-electron chi connectivity index (χ3n) is 3.96. The van der Waals surface area contributed by atoms with Crippen molar-refractivity contribution in [2.75, 3.05) is 0 Å². The Kier molecular flexibility index (Phi) is 5.53. The molecule has 3 aromatic rings. The van der Waals surface area contributed by atoms with Crippen molar-refractivity contribution in [3.8, 4) is 22.6 Å². The lowest BCUT2D eigenvalue weighted by Gasteiger charge is -2.15. The molecule has 0 bridgehead atoms. The van der Waals surface area contributed by atoms with E-state index in [9.17, 15) is 15.0 Å².